The van der Waals surface area contributed by atoms with Gasteiger partial charge in [-0.1, -0.05) is 25.5 Å². The van der Waals surface area contributed by atoms with Gasteiger partial charge in [-0.2, -0.15) is 0 Å². The van der Waals surface area contributed by atoms with Crippen molar-refractivity contribution in [2.75, 3.05) is 29.1 Å². The normalized spacial score (nSPS) is 9.45. The van der Waals surface area contributed by atoms with Gasteiger partial charge in [-0.3, -0.25) is 0 Å². The van der Waals surface area contributed by atoms with Gasteiger partial charge < -0.3 is 22.5 Å². The first-order valence-electron chi connectivity index (χ1n) is 6.83. The molecule has 0 spiro atoms. The zero-order chi connectivity index (χ0) is 14.8. The van der Waals surface area contributed by atoms with Gasteiger partial charge in [0.05, 0.1) is 11.4 Å². The molecule has 0 unspecified atom stereocenters. The average molecular weight is 272 g/mol. The zero-order valence-corrected chi connectivity index (χ0v) is 12.0. The van der Waals surface area contributed by atoms with Crippen molar-refractivity contribution in [1.82, 2.24) is 0 Å². The molecule has 0 aromatic heterocycles. The van der Waals surface area contributed by atoms with Gasteiger partial charge in [0.25, 0.3) is 0 Å². The molecule has 4 nitrogen and oxygen atoms in total. The maximum atomic E-state index is 5.55. The van der Waals surface area contributed by atoms with Crippen molar-refractivity contribution >= 4 is 22.7 Å². The van der Waals surface area contributed by atoms with E-state index in [9.17, 15) is 0 Å². The Labute approximate surface area is 121 Å². The highest BCUT2D eigenvalue weighted by atomic mass is 14.9. The number of benzene rings is 2. The van der Waals surface area contributed by atoms with Crippen LogP contribution in [0.2, 0.25) is 0 Å². The van der Waals surface area contributed by atoms with E-state index >= 15 is 0 Å². The third-order valence-corrected chi connectivity index (χ3v) is 2.77. The van der Waals surface area contributed by atoms with E-state index in [4.69, 9.17) is 17.2 Å². The molecule has 2 aromatic rings. The van der Waals surface area contributed by atoms with Crippen molar-refractivity contribution in [1.29, 1.82) is 0 Å². The predicted octanol–water partition coefficient (Wildman–Crippen LogP) is 3.33. The van der Waals surface area contributed by atoms with Gasteiger partial charge in [0, 0.05) is 17.9 Å². The van der Waals surface area contributed by atoms with Crippen LogP contribution in [0.4, 0.5) is 22.7 Å². The minimum atomic E-state index is 0.646. The maximum Gasteiger partial charge on any atom is 0.0547 e. The zero-order valence-electron chi connectivity index (χ0n) is 12.0. The second kappa shape index (κ2) is 8.69. The van der Waals surface area contributed by atoms with Crippen LogP contribution in [0.1, 0.15) is 19.8 Å². The first-order chi connectivity index (χ1) is 9.63. The van der Waals surface area contributed by atoms with Crippen molar-refractivity contribution in [3.8, 4) is 0 Å². The van der Waals surface area contributed by atoms with Crippen LogP contribution >= 0.6 is 0 Å². The van der Waals surface area contributed by atoms with Crippen LogP contribution in [0.5, 0.6) is 0 Å². The van der Waals surface area contributed by atoms with E-state index in [1.54, 1.807) is 12.1 Å². The Kier molecular flexibility index (Phi) is 6.82. The minimum Gasteiger partial charge on any atom is -0.399 e. The summed E-state index contributed by atoms with van der Waals surface area (Å²) in [5.41, 5.74) is 19.6. The molecule has 4 heteroatoms. The molecule has 108 valence electrons. The number of hydrogen-bond acceptors (Lipinski definition) is 4. The molecule has 0 saturated heterocycles. The Hall–Kier alpha value is -2.36. The highest BCUT2D eigenvalue weighted by Crippen LogP contribution is 2.11. The molecule has 0 atom stereocenters. The van der Waals surface area contributed by atoms with Crippen LogP contribution < -0.4 is 22.5 Å². The molecule has 2 aromatic carbocycles. The van der Waals surface area contributed by atoms with Gasteiger partial charge in [-0.05, 0) is 42.8 Å². The molecule has 0 amide bonds. The van der Waals surface area contributed by atoms with E-state index in [2.05, 4.69) is 12.2 Å². The third kappa shape index (κ3) is 6.00. The lowest BCUT2D eigenvalue weighted by Gasteiger charge is -2.04. The third-order valence-electron chi connectivity index (χ3n) is 2.77. The molecule has 2 rings (SSSR count). The number of unbranched alkanes of at least 4 members (excludes halogenated alkanes) is 1. The van der Waals surface area contributed by atoms with Crippen molar-refractivity contribution < 1.29 is 0 Å². The maximum absolute atomic E-state index is 5.55. The summed E-state index contributed by atoms with van der Waals surface area (Å²) in [6.07, 6.45) is 2.44. The quantitative estimate of drug-likeness (QED) is 0.507. The Morgan fingerprint density at radius 1 is 0.850 bits per heavy atom. The van der Waals surface area contributed by atoms with Crippen LogP contribution in [0.3, 0.4) is 0 Å². The Balaban J connectivity index is 0.000000217. The number of nitrogens with one attached hydrogen (secondary N) is 1. The Morgan fingerprint density at radius 2 is 1.40 bits per heavy atom. The van der Waals surface area contributed by atoms with E-state index in [0.29, 0.717) is 11.4 Å². The van der Waals surface area contributed by atoms with Gasteiger partial charge in [-0.25, -0.2) is 0 Å². The summed E-state index contributed by atoms with van der Waals surface area (Å²) in [5, 5.41) is 3.32. The van der Waals surface area contributed by atoms with Gasteiger partial charge in [0.15, 0.2) is 0 Å². The average Bonchev–Trinajstić information content (AvgIpc) is 2.45. The summed E-state index contributed by atoms with van der Waals surface area (Å²) in [7, 11) is 0. The lowest BCUT2D eigenvalue weighted by atomic mass is 10.2. The highest BCUT2D eigenvalue weighted by molar-refractivity contribution is 5.62. The van der Waals surface area contributed by atoms with Crippen LogP contribution in [0.15, 0.2) is 48.5 Å². The Morgan fingerprint density at radius 3 is 1.85 bits per heavy atom. The van der Waals surface area contributed by atoms with Crippen LogP contribution in [-0.4, -0.2) is 6.54 Å². The highest BCUT2D eigenvalue weighted by Gasteiger charge is 1.89. The molecule has 0 aliphatic rings. The lowest BCUT2D eigenvalue weighted by molar-refractivity contribution is 0.834. The first-order valence-corrected chi connectivity index (χ1v) is 6.83. The molecular formula is C16H24N4. The molecule has 0 aliphatic heterocycles. The van der Waals surface area contributed by atoms with Crippen molar-refractivity contribution in [2.45, 2.75) is 19.8 Å². The van der Waals surface area contributed by atoms with Crippen LogP contribution in [-0.2, 0) is 0 Å². The van der Waals surface area contributed by atoms with Gasteiger partial charge in [-0.15, -0.1) is 0 Å². The SMILES string of the molecule is CCCCNc1ccc(N)cc1.Nc1ccccc1N. The summed E-state index contributed by atoms with van der Waals surface area (Å²) >= 11 is 0. The van der Waals surface area contributed by atoms with Gasteiger partial charge >= 0.3 is 0 Å². The second-order valence-corrected chi connectivity index (χ2v) is 4.53. The molecule has 0 aliphatic carbocycles. The molecule has 0 saturated carbocycles. The molecule has 0 fully saturated rings. The summed E-state index contributed by atoms with van der Waals surface area (Å²) < 4.78 is 0. The smallest absolute Gasteiger partial charge is 0.0547 e. The molecule has 0 radical (unpaired) electrons. The standard InChI is InChI=1S/C10H16N2.C6H8N2/c1-2-3-8-12-10-6-4-9(11)5-7-10;7-5-3-1-2-4-6(5)8/h4-7,12H,2-3,8,11H2,1H3;1-4H,7-8H2. The topological polar surface area (TPSA) is 90.1 Å². The van der Waals surface area contributed by atoms with Crippen LogP contribution in [0.25, 0.3) is 0 Å². The lowest BCUT2D eigenvalue weighted by Crippen LogP contribution is -2.00. The number of hydrogen-bond donors (Lipinski definition) is 4. The fraction of sp³-hybridized carbons (Fsp3) is 0.250. The van der Waals surface area contributed by atoms with E-state index in [-0.39, 0.29) is 0 Å². The van der Waals surface area contributed by atoms with Crippen molar-refractivity contribution in [3.05, 3.63) is 48.5 Å². The number of nitrogen functional groups attached to an aromatic ring is 3. The van der Waals surface area contributed by atoms with Gasteiger partial charge in [0.1, 0.15) is 0 Å². The van der Waals surface area contributed by atoms with E-state index in [0.717, 1.165) is 17.9 Å². The number of anilines is 4. The Bertz CT molecular complexity index is 473. The molecule has 20 heavy (non-hydrogen) atoms. The molecule has 0 heterocycles. The second-order valence-electron chi connectivity index (χ2n) is 4.53. The minimum absolute atomic E-state index is 0.646. The summed E-state index contributed by atoms with van der Waals surface area (Å²) in [6, 6.07) is 15.1. The van der Waals surface area contributed by atoms with E-state index in [1.807, 2.05) is 36.4 Å². The number of rotatable bonds is 4. The molecule has 7 N–H and O–H groups in total. The predicted molar refractivity (Wildman–Crippen MR) is 89.5 cm³/mol. The summed E-state index contributed by atoms with van der Waals surface area (Å²) in [5.74, 6) is 0. The van der Waals surface area contributed by atoms with E-state index < -0.39 is 0 Å². The molecule has 0 bridgehead atoms. The fourth-order valence-electron chi connectivity index (χ4n) is 1.52. The summed E-state index contributed by atoms with van der Waals surface area (Å²) in [6.45, 7) is 3.23. The molecular weight excluding hydrogens is 248 g/mol. The van der Waals surface area contributed by atoms with Crippen molar-refractivity contribution in [2.24, 2.45) is 0 Å². The van der Waals surface area contributed by atoms with Gasteiger partial charge in [0.2, 0.25) is 0 Å². The van der Waals surface area contributed by atoms with Crippen LogP contribution in [0, 0.1) is 0 Å². The summed E-state index contributed by atoms with van der Waals surface area (Å²) in [4.78, 5) is 0. The monoisotopic (exact) mass is 272 g/mol. The number of para-hydroxylation sites is 2. The van der Waals surface area contributed by atoms with Crippen molar-refractivity contribution in [3.63, 3.8) is 0 Å². The fourth-order valence-corrected chi connectivity index (χ4v) is 1.52. The first kappa shape index (κ1) is 15.7. The number of nitrogens with two attached hydrogens (primary N) is 3. The van der Waals surface area contributed by atoms with E-state index in [1.165, 1.54) is 12.8 Å². The largest absolute Gasteiger partial charge is 0.399 e.